The molecule has 4 radical (unpaired) electrons. The molecule has 0 nitrogen and oxygen atoms in total. The smallest absolute Gasteiger partial charge is 0.0318 e. The van der Waals surface area contributed by atoms with Crippen LogP contribution in [0, 0.1) is 19.8 Å². The largest absolute Gasteiger partial charge is 0.0619 e. The molecule has 0 aliphatic rings. The molecular weight excluding hydrogens is 48.0 g/mol. The van der Waals surface area contributed by atoms with Crippen LogP contribution in [-0.4, -0.2) is 0 Å². The van der Waals surface area contributed by atoms with Crippen molar-refractivity contribution in [2.45, 2.75) is 6.92 Å². The van der Waals surface area contributed by atoms with Crippen molar-refractivity contribution in [3.8, 4) is 0 Å². The lowest BCUT2D eigenvalue weighted by molar-refractivity contribution is 0.932. The molecule has 0 unspecified atom stereocenters. The first-order chi connectivity index (χ1) is 1.73. The SMILES string of the molecule is [CH]C([CH])C. The molecule has 0 heterocycles. The van der Waals surface area contributed by atoms with Crippen molar-refractivity contribution < 1.29 is 0 Å². The Morgan fingerprint density at radius 2 is 1.50 bits per heavy atom. The van der Waals surface area contributed by atoms with Crippen LogP contribution in [-0.2, 0) is 0 Å². The van der Waals surface area contributed by atoms with Gasteiger partial charge in [0.25, 0.3) is 0 Å². The van der Waals surface area contributed by atoms with Crippen LogP contribution in [0.25, 0.3) is 0 Å². The van der Waals surface area contributed by atoms with E-state index in [2.05, 4.69) is 0 Å². The van der Waals surface area contributed by atoms with E-state index in [0.717, 1.165) is 0 Å². The predicted octanol–water partition coefficient (Wildman–Crippen LogP) is 1.04. The van der Waals surface area contributed by atoms with Crippen LogP contribution in [0.1, 0.15) is 6.92 Å². The summed E-state index contributed by atoms with van der Waals surface area (Å²) < 4.78 is 0. The Labute approximate surface area is 27.8 Å². The van der Waals surface area contributed by atoms with Gasteiger partial charge >= 0.3 is 0 Å². The van der Waals surface area contributed by atoms with Gasteiger partial charge in [-0.25, -0.2) is 0 Å². The minimum absolute atomic E-state index is 0.167. The van der Waals surface area contributed by atoms with Crippen LogP contribution in [0.2, 0.25) is 0 Å². The fourth-order valence-corrected chi connectivity index (χ4v) is 0. The van der Waals surface area contributed by atoms with E-state index in [1.54, 1.807) is 6.92 Å². The van der Waals surface area contributed by atoms with Gasteiger partial charge in [-0.2, -0.15) is 0 Å². The van der Waals surface area contributed by atoms with Gasteiger partial charge in [0, 0.05) is 0 Å². The minimum Gasteiger partial charge on any atom is -0.0619 e. The summed E-state index contributed by atoms with van der Waals surface area (Å²) in [5, 5.41) is 0. The van der Waals surface area contributed by atoms with Gasteiger partial charge in [0.1, 0.15) is 0 Å². The molecule has 0 N–H and O–H groups in total. The highest BCUT2D eigenvalue weighted by Crippen LogP contribution is 1.79. The lowest BCUT2D eigenvalue weighted by Gasteiger charge is -1.77. The van der Waals surface area contributed by atoms with Gasteiger partial charge in [-0.15, -0.1) is 0 Å². The summed E-state index contributed by atoms with van der Waals surface area (Å²) in [6, 6.07) is 0. The third-order valence-corrected chi connectivity index (χ3v) is 0. The molecule has 22 valence electrons. The van der Waals surface area contributed by atoms with Crippen molar-refractivity contribution in [3.63, 3.8) is 0 Å². The molecule has 4 heavy (non-hydrogen) atoms. The van der Waals surface area contributed by atoms with Gasteiger partial charge in [0.2, 0.25) is 0 Å². The zero-order valence-corrected chi connectivity index (χ0v) is 2.73. The zero-order valence-electron chi connectivity index (χ0n) is 2.73. The summed E-state index contributed by atoms with van der Waals surface area (Å²) in [6.45, 7) is 11.5. The van der Waals surface area contributed by atoms with Crippen LogP contribution >= 0.6 is 0 Å². The van der Waals surface area contributed by atoms with Crippen molar-refractivity contribution in [1.29, 1.82) is 0 Å². The molecule has 0 aromatic heterocycles. The van der Waals surface area contributed by atoms with Gasteiger partial charge in [-0.05, 0) is 19.8 Å². The third-order valence-electron chi connectivity index (χ3n) is 0. The number of hydrogen-bond acceptors (Lipinski definition) is 0. The van der Waals surface area contributed by atoms with Crippen molar-refractivity contribution in [3.05, 3.63) is 13.8 Å². The molecule has 0 saturated heterocycles. The molecule has 0 aromatic rings. The van der Waals surface area contributed by atoms with E-state index >= 15 is 0 Å². The van der Waals surface area contributed by atoms with E-state index in [1.165, 1.54) is 0 Å². The molecule has 0 heteroatoms. The average molecular weight is 54.1 g/mol. The molecule has 0 spiro atoms. The molecule has 0 saturated carbocycles. The highest BCUT2D eigenvalue weighted by molar-refractivity contribution is 4.51. The zero-order chi connectivity index (χ0) is 3.58. The molecule has 0 rings (SSSR count). The summed E-state index contributed by atoms with van der Waals surface area (Å²) in [6.07, 6.45) is 0. The second-order valence-electron chi connectivity index (χ2n) is 0.859. The molecule has 0 fully saturated rings. The second-order valence-corrected chi connectivity index (χ2v) is 0.859. The second kappa shape index (κ2) is 1.33. The lowest BCUT2D eigenvalue weighted by Crippen LogP contribution is -1.68. The monoisotopic (exact) mass is 54.0 g/mol. The topological polar surface area (TPSA) is 0 Å². The van der Waals surface area contributed by atoms with Crippen LogP contribution in [0.4, 0.5) is 0 Å². The minimum atomic E-state index is -0.167. The van der Waals surface area contributed by atoms with Gasteiger partial charge in [-0.3, -0.25) is 0 Å². The highest BCUT2D eigenvalue weighted by atomic mass is 13.7. The lowest BCUT2D eigenvalue weighted by atomic mass is 10.3. The number of rotatable bonds is 0. The fraction of sp³-hybridized carbons (Fsp3) is 0.500. The molecule has 0 aliphatic heterocycles. The molecule has 0 bridgehead atoms. The Hall–Kier alpha value is 0. The van der Waals surface area contributed by atoms with Gasteiger partial charge in [0.05, 0.1) is 0 Å². The summed E-state index contributed by atoms with van der Waals surface area (Å²) >= 11 is 0. The molecule has 0 amide bonds. The summed E-state index contributed by atoms with van der Waals surface area (Å²) in [5.74, 6) is -0.167. The molecule has 0 atom stereocenters. The first kappa shape index (κ1) is 4.00. The van der Waals surface area contributed by atoms with Crippen LogP contribution in [0.5, 0.6) is 0 Å². The van der Waals surface area contributed by atoms with Crippen molar-refractivity contribution in [2.75, 3.05) is 0 Å². The van der Waals surface area contributed by atoms with Crippen molar-refractivity contribution >= 4 is 0 Å². The summed E-state index contributed by atoms with van der Waals surface area (Å²) in [5.41, 5.74) is 0. The number of hydrogen-bond donors (Lipinski definition) is 0. The molecule has 0 aliphatic carbocycles. The Kier molecular flexibility index (Phi) is 1.33. The van der Waals surface area contributed by atoms with E-state index < -0.39 is 0 Å². The molecular formula is C4H6. The normalized spacial score (nSPS) is 9.00. The van der Waals surface area contributed by atoms with E-state index in [4.69, 9.17) is 13.8 Å². The van der Waals surface area contributed by atoms with Crippen LogP contribution < -0.4 is 0 Å². The quantitative estimate of drug-likeness (QED) is 0.387. The maximum atomic E-state index is 4.89. The average Bonchev–Trinajstić information content (AvgIpc) is 0.811. The van der Waals surface area contributed by atoms with E-state index in [-0.39, 0.29) is 5.92 Å². The Balaban J connectivity index is 2.32. The maximum absolute atomic E-state index is 4.89. The highest BCUT2D eigenvalue weighted by Gasteiger charge is 1.69. The Morgan fingerprint density at radius 1 is 1.50 bits per heavy atom. The van der Waals surface area contributed by atoms with E-state index in [1.807, 2.05) is 0 Å². The molecule has 0 aromatic carbocycles. The predicted molar refractivity (Wildman–Crippen MR) is 17.8 cm³/mol. The van der Waals surface area contributed by atoms with E-state index in [0.29, 0.717) is 0 Å². The fourth-order valence-electron chi connectivity index (χ4n) is 0. The summed E-state index contributed by atoms with van der Waals surface area (Å²) in [4.78, 5) is 0. The van der Waals surface area contributed by atoms with Gasteiger partial charge < -0.3 is 0 Å². The maximum Gasteiger partial charge on any atom is -0.0318 e. The first-order valence-corrected chi connectivity index (χ1v) is 1.24. The van der Waals surface area contributed by atoms with Crippen LogP contribution in [0.15, 0.2) is 0 Å². The van der Waals surface area contributed by atoms with Gasteiger partial charge in [-0.1, -0.05) is 6.92 Å². The first-order valence-electron chi connectivity index (χ1n) is 1.24. The third kappa shape index (κ3) is 0. The summed E-state index contributed by atoms with van der Waals surface area (Å²) in [7, 11) is 0. The standard InChI is InChI=1S/C4H6/c1-4(2)3/h1-2,4H,3H3. The van der Waals surface area contributed by atoms with Gasteiger partial charge in [0.15, 0.2) is 0 Å². The van der Waals surface area contributed by atoms with Crippen molar-refractivity contribution in [1.82, 2.24) is 0 Å². The van der Waals surface area contributed by atoms with Crippen LogP contribution in [0.3, 0.4) is 0 Å². The van der Waals surface area contributed by atoms with E-state index in [9.17, 15) is 0 Å². The Bertz CT molecular complexity index is 4.75. The Morgan fingerprint density at radius 3 is 1.50 bits per heavy atom. The van der Waals surface area contributed by atoms with Crippen molar-refractivity contribution in [2.24, 2.45) is 5.92 Å².